The van der Waals surface area contributed by atoms with Crippen LogP contribution in [0.25, 0.3) is 0 Å². The number of carbonyl (C=O) groups is 1. The second-order valence-electron chi connectivity index (χ2n) is 8.37. The third-order valence-corrected chi connectivity index (χ3v) is 6.35. The Kier molecular flexibility index (Phi) is 11.4. The van der Waals surface area contributed by atoms with E-state index in [1.807, 2.05) is 17.0 Å². The van der Waals surface area contributed by atoms with Gasteiger partial charge in [-0.25, -0.2) is 0 Å². The molecule has 6 nitrogen and oxygen atoms in total. The van der Waals surface area contributed by atoms with Gasteiger partial charge in [0.1, 0.15) is 0 Å². The van der Waals surface area contributed by atoms with Crippen molar-refractivity contribution in [2.24, 2.45) is 10.9 Å². The maximum atomic E-state index is 12.3. The first kappa shape index (κ1) is 26.2. The zero-order valence-electron chi connectivity index (χ0n) is 18.8. The number of likely N-dealkylation sites (tertiary alicyclic amines) is 2. The first-order valence-corrected chi connectivity index (χ1v) is 11.7. The lowest BCUT2D eigenvalue weighted by Gasteiger charge is -2.39. The van der Waals surface area contributed by atoms with Crippen LogP contribution in [-0.4, -0.2) is 68.0 Å². The Morgan fingerprint density at radius 3 is 2.68 bits per heavy atom. The number of hydrogen-bond donors (Lipinski definition) is 2. The summed E-state index contributed by atoms with van der Waals surface area (Å²) in [7, 11) is 2.19. The summed E-state index contributed by atoms with van der Waals surface area (Å²) in [6.07, 6.45) is 5.11. The van der Waals surface area contributed by atoms with E-state index >= 15 is 0 Å². The van der Waals surface area contributed by atoms with E-state index < -0.39 is 0 Å². The Bertz CT molecular complexity index is 726. The summed E-state index contributed by atoms with van der Waals surface area (Å²) in [6.45, 7) is 7.14. The first-order valence-electron chi connectivity index (χ1n) is 11.3. The molecule has 2 atom stereocenters. The number of hydrogen-bond acceptors (Lipinski definition) is 3. The fourth-order valence-electron chi connectivity index (χ4n) is 4.63. The highest BCUT2D eigenvalue weighted by atomic mass is 127. The number of benzene rings is 1. The molecule has 2 saturated heterocycles. The van der Waals surface area contributed by atoms with Crippen molar-refractivity contribution in [1.82, 2.24) is 20.4 Å². The van der Waals surface area contributed by atoms with E-state index in [-0.39, 0.29) is 29.9 Å². The molecule has 0 aliphatic carbocycles. The highest BCUT2D eigenvalue weighted by Gasteiger charge is 2.30. The van der Waals surface area contributed by atoms with Gasteiger partial charge in [-0.2, -0.15) is 0 Å². The van der Waals surface area contributed by atoms with E-state index in [0.717, 1.165) is 63.0 Å². The number of guanidine groups is 1. The molecule has 0 spiro atoms. The van der Waals surface area contributed by atoms with E-state index in [2.05, 4.69) is 41.6 Å². The average molecular weight is 562 g/mol. The van der Waals surface area contributed by atoms with E-state index in [4.69, 9.17) is 16.6 Å². The molecule has 1 amide bonds. The molecule has 0 saturated carbocycles. The van der Waals surface area contributed by atoms with Crippen molar-refractivity contribution in [2.45, 2.75) is 45.1 Å². The molecule has 2 aliphatic heterocycles. The van der Waals surface area contributed by atoms with Crippen LogP contribution in [0.15, 0.2) is 29.3 Å². The highest BCUT2D eigenvalue weighted by Crippen LogP contribution is 2.36. The number of piperidine rings is 1. The topological polar surface area (TPSA) is 60.0 Å². The van der Waals surface area contributed by atoms with Gasteiger partial charge in [-0.1, -0.05) is 23.7 Å². The summed E-state index contributed by atoms with van der Waals surface area (Å²) in [5.41, 5.74) is 1.26. The lowest BCUT2D eigenvalue weighted by atomic mass is 9.85. The van der Waals surface area contributed by atoms with Gasteiger partial charge in [-0.3, -0.25) is 14.7 Å². The molecule has 0 aromatic heterocycles. The van der Waals surface area contributed by atoms with Crippen LogP contribution in [-0.2, 0) is 4.79 Å². The number of carbonyl (C=O) groups excluding carboxylic acids is 1. The zero-order chi connectivity index (χ0) is 21.3. The lowest BCUT2D eigenvalue weighted by Crippen LogP contribution is -2.41. The molecule has 3 rings (SSSR count). The zero-order valence-corrected chi connectivity index (χ0v) is 21.9. The first-order chi connectivity index (χ1) is 14.6. The molecule has 2 fully saturated rings. The minimum Gasteiger partial charge on any atom is -0.357 e. The molecule has 8 heteroatoms. The minimum absolute atomic E-state index is 0. The van der Waals surface area contributed by atoms with Crippen molar-refractivity contribution in [3.63, 3.8) is 0 Å². The van der Waals surface area contributed by atoms with Crippen LogP contribution < -0.4 is 10.6 Å². The van der Waals surface area contributed by atoms with Gasteiger partial charge in [-0.05, 0) is 69.8 Å². The van der Waals surface area contributed by atoms with Crippen molar-refractivity contribution >= 4 is 47.4 Å². The van der Waals surface area contributed by atoms with Crippen LogP contribution in [0.1, 0.15) is 50.6 Å². The fraction of sp³-hybridized carbons (Fsp3) is 0.652. The molecular weight excluding hydrogens is 525 g/mol. The van der Waals surface area contributed by atoms with Gasteiger partial charge in [0.05, 0.1) is 0 Å². The van der Waals surface area contributed by atoms with E-state index in [1.54, 1.807) is 0 Å². The third kappa shape index (κ3) is 7.79. The van der Waals surface area contributed by atoms with E-state index in [1.165, 1.54) is 12.0 Å². The molecule has 2 unspecified atom stereocenters. The predicted octanol–water partition coefficient (Wildman–Crippen LogP) is 3.91. The summed E-state index contributed by atoms with van der Waals surface area (Å²) in [4.78, 5) is 21.5. The number of amides is 1. The molecule has 0 radical (unpaired) electrons. The average Bonchev–Trinajstić information content (AvgIpc) is 3.27. The van der Waals surface area contributed by atoms with E-state index in [0.29, 0.717) is 24.9 Å². The maximum absolute atomic E-state index is 12.3. The quantitative estimate of drug-likeness (QED) is 0.301. The standard InChI is InChI=1S/C23H36ClN5O.HI/c1-3-25-23(26-12-11-21(30)29-14-4-5-15-29)27-17-19-9-7-13-28(2)22(19)18-8-6-10-20(24)16-18;/h6,8,10,16,19,22H,3-5,7,9,11-15,17H2,1-2H3,(H2,25,26,27);1H. The number of nitrogens with one attached hydrogen (secondary N) is 2. The maximum Gasteiger partial charge on any atom is 0.224 e. The smallest absolute Gasteiger partial charge is 0.224 e. The number of rotatable bonds is 7. The molecule has 1 aromatic carbocycles. The molecule has 31 heavy (non-hydrogen) atoms. The van der Waals surface area contributed by atoms with Crippen LogP contribution in [0.4, 0.5) is 0 Å². The number of aliphatic imine (C=N–C) groups is 1. The number of nitrogens with zero attached hydrogens (tertiary/aromatic N) is 3. The lowest BCUT2D eigenvalue weighted by molar-refractivity contribution is -0.129. The predicted molar refractivity (Wildman–Crippen MR) is 139 cm³/mol. The Balaban J connectivity index is 0.00000341. The third-order valence-electron chi connectivity index (χ3n) is 6.12. The van der Waals surface area contributed by atoms with Crippen LogP contribution >= 0.6 is 35.6 Å². The summed E-state index contributed by atoms with van der Waals surface area (Å²) in [5.74, 6) is 1.47. The van der Waals surface area contributed by atoms with Gasteiger partial charge in [0.25, 0.3) is 0 Å². The molecular formula is C23H37ClIN5O. The van der Waals surface area contributed by atoms with E-state index in [9.17, 15) is 4.79 Å². The molecule has 174 valence electrons. The fourth-order valence-corrected chi connectivity index (χ4v) is 4.83. The van der Waals surface area contributed by atoms with Crippen molar-refractivity contribution in [1.29, 1.82) is 0 Å². The van der Waals surface area contributed by atoms with Gasteiger partial charge in [0.2, 0.25) is 5.91 Å². The Morgan fingerprint density at radius 2 is 1.97 bits per heavy atom. The summed E-state index contributed by atoms with van der Waals surface area (Å²) < 4.78 is 0. The largest absolute Gasteiger partial charge is 0.357 e. The van der Waals surface area contributed by atoms with Crippen LogP contribution in [0.3, 0.4) is 0 Å². The molecule has 2 aliphatic rings. The van der Waals surface area contributed by atoms with Crippen molar-refractivity contribution in [2.75, 3.05) is 46.3 Å². The summed E-state index contributed by atoms with van der Waals surface area (Å²) in [5, 5.41) is 7.45. The van der Waals surface area contributed by atoms with Gasteiger partial charge in [0.15, 0.2) is 5.96 Å². The minimum atomic E-state index is 0. The van der Waals surface area contributed by atoms with Crippen molar-refractivity contribution < 1.29 is 4.79 Å². The molecule has 0 bridgehead atoms. The van der Waals surface area contributed by atoms with Gasteiger partial charge in [-0.15, -0.1) is 24.0 Å². The second kappa shape index (κ2) is 13.5. The Labute approximate surface area is 209 Å². The summed E-state index contributed by atoms with van der Waals surface area (Å²) >= 11 is 6.26. The van der Waals surface area contributed by atoms with Crippen molar-refractivity contribution in [3.05, 3.63) is 34.9 Å². The summed E-state index contributed by atoms with van der Waals surface area (Å²) in [6, 6.07) is 8.53. The van der Waals surface area contributed by atoms with Gasteiger partial charge < -0.3 is 15.5 Å². The molecule has 1 aromatic rings. The van der Waals surface area contributed by atoms with Gasteiger partial charge >= 0.3 is 0 Å². The molecule has 2 N–H and O–H groups in total. The van der Waals surface area contributed by atoms with Crippen molar-refractivity contribution in [3.8, 4) is 0 Å². The van der Waals surface area contributed by atoms with Crippen LogP contribution in [0, 0.1) is 5.92 Å². The SMILES string of the molecule is CCNC(=NCC1CCCN(C)C1c1cccc(Cl)c1)NCCC(=O)N1CCCC1.I. The van der Waals surface area contributed by atoms with Gasteiger partial charge in [0, 0.05) is 50.2 Å². The normalized spacial score (nSPS) is 22.2. The van der Waals surface area contributed by atoms with Crippen LogP contribution in [0.2, 0.25) is 5.02 Å². The second-order valence-corrected chi connectivity index (χ2v) is 8.80. The Morgan fingerprint density at radius 1 is 1.19 bits per heavy atom. The highest BCUT2D eigenvalue weighted by molar-refractivity contribution is 14.0. The molecule has 2 heterocycles. The van der Waals surface area contributed by atoms with Crippen LogP contribution in [0.5, 0.6) is 0 Å². The monoisotopic (exact) mass is 561 g/mol. The number of halogens is 2. The Hall–Kier alpha value is -1.06.